The van der Waals surface area contributed by atoms with Crippen molar-refractivity contribution in [3.8, 4) is 0 Å². The predicted molar refractivity (Wildman–Crippen MR) is 107 cm³/mol. The molecule has 0 fully saturated rings. The van der Waals surface area contributed by atoms with E-state index < -0.39 is 0 Å². The van der Waals surface area contributed by atoms with Crippen LogP contribution in [0.15, 0.2) is 55.1 Å². The van der Waals surface area contributed by atoms with Crippen molar-refractivity contribution >= 4 is 39.5 Å². The summed E-state index contributed by atoms with van der Waals surface area (Å²) < 4.78 is 1.98. The minimum Gasteiger partial charge on any atom is -0.315 e. The fourth-order valence-electron chi connectivity index (χ4n) is 3.06. The van der Waals surface area contributed by atoms with E-state index in [1.54, 1.807) is 6.33 Å². The number of hydrogen-bond acceptors (Lipinski definition) is 4. The predicted octanol–water partition coefficient (Wildman–Crippen LogP) is 4.42. The highest BCUT2D eigenvalue weighted by Crippen LogP contribution is 2.23. The molecule has 0 radical (unpaired) electrons. The molecule has 0 saturated carbocycles. The van der Waals surface area contributed by atoms with Crippen LogP contribution in [0.4, 0.5) is 16.3 Å². The summed E-state index contributed by atoms with van der Waals surface area (Å²) in [5.74, 6) is 0.396. The van der Waals surface area contributed by atoms with Gasteiger partial charge >= 0.3 is 6.03 Å². The van der Waals surface area contributed by atoms with Crippen LogP contribution in [0.1, 0.15) is 19.8 Å². The third-order valence-electron chi connectivity index (χ3n) is 4.42. The zero-order valence-electron chi connectivity index (χ0n) is 15.0. The van der Waals surface area contributed by atoms with Gasteiger partial charge in [-0.15, -0.1) is 0 Å². The quantitative estimate of drug-likeness (QED) is 0.551. The third-order valence-corrected chi connectivity index (χ3v) is 4.42. The summed E-state index contributed by atoms with van der Waals surface area (Å²) >= 11 is 0. The summed E-state index contributed by atoms with van der Waals surface area (Å²) in [6, 6.07) is 13.3. The Bertz CT molecular complexity index is 1100. The highest BCUT2D eigenvalue weighted by Gasteiger charge is 2.13. The highest BCUT2D eigenvalue weighted by atomic mass is 16.2. The van der Waals surface area contributed by atoms with Crippen molar-refractivity contribution in [2.24, 2.45) is 0 Å². The average molecular weight is 360 g/mol. The number of aryl methyl sites for hydroxylation is 1. The number of urea groups is 1. The fourth-order valence-corrected chi connectivity index (χ4v) is 3.06. The van der Waals surface area contributed by atoms with Crippen molar-refractivity contribution in [1.82, 2.24) is 19.5 Å². The Kier molecular flexibility index (Phi) is 4.65. The largest absolute Gasteiger partial charge is 0.324 e. The molecule has 136 valence electrons. The Morgan fingerprint density at radius 1 is 1.04 bits per heavy atom. The Morgan fingerprint density at radius 3 is 2.78 bits per heavy atom. The second kappa shape index (κ2) is 7.41. The van der Waals surface area contributed by atoms with Gasteiger partial charge in [-0.2, -0.15) is 0 Å². The maximum atomic E-state index is 12.5. The van der Waals surface area contributed by atoms with Gasteiger partial charge in [-0.3, -0.25) is 5.32 Å². The standard InChI is InChI=1S/C20H20N6O/c1-2-3-11-26-13-23-17-18(21-12-22-19(17)26)25-20(27)24-16-10-6-8-14-7-4-5-9-15(14)16/h4-10,12-13H,2-3,11H2,1H3,(H2,21,22,24,25,27). The lowest BCUT2D eigenvalue weighted by Crippen LogP contribution is -2.20. The zero-order chi connectivity index (χ0) is 18.6. The molecule has 0 atom stereocenters. The molecule has 2 N–H and O–H groups in total. The smallest absolute Gasteiger partial charge is 0.315 e. The molecule has 0 spiro atoms. The summed E-state index contributed by atoms with van der Waals surface area (Å²) in [6.07, 6.45) is 5.31. The first-order valence-electron chi connectivity index (χ1n) is 8.98. The van der Waals surface area contributed by atoms with E-state index in [4.69, 9.17) is 0 Å². The van der Waals surface area contributed by atoms with Crippen LogP contribution in [-0.2, 0) is 6.54 Å². The zero-order valence-corrected chi connectivity index (χ0v) is 15.0. The van der Waals surface area contributed by atoms with Crippen molar-refractivity contribution in [2.45, 2.75) is 26.3 Å². The molecular formula is C20H20N6O. The maximum absolute atomic E-state index is 12.5. The fraction of sp³-hybridized carbons (Fsp3) is 0.200. The van der Waals surface area contributed by atoms with Crippen LogP contribution in [0, 0.1) is 0 Å². The summed E-state index contributed by atoms with van der Waals surface area (Å²) in [7, 11) is 0. The van der Waals surface area contributed by atoms with E-state index in [0.29, 0.717) is 11.3 Å². The first-order valence-corrected chi connectivity index (χ1v) is 8.98. The van der Waals surface area contributed by atoms with Gasteiger partial charge < -0.3 is 9.88 Å². The van der Waals surface area contributed by atoms with Crippen LogP contribution < -0.4 is 10.6 Å². The molecule has 0 unspecified atom stereocenters. The monoisotopic (exact) mass is 360 g/mol. The lowest BCUT2D eigenvalue weighted by Gasteiger charge is -2.10. The Morgan fingerprint density at radius 2 is 1.89 bits per heavy atom. The average Bonchev–Trinajstić information content (AvgIpc) is 3.11. The number of rotatable bonds is 5. The van der Waals surface area contributed by atoms with E-state index in [2.05, 4.69) is 32.5 Å². The second-order valence-electron chi connectivity index (χ2n) is 6.29. The number of hydrogen-bond donors (Lipinski definition) is 2. The van der Waals surface area contributed by atoms with Gasteiger partial charge in [-0.1, -0.05) is 49.7 Å². The third kappa shape index (κ3) is 3.44. The molecule has 0 bridgehead atoms. The lowest BCUT2D eigenvalue weighted by molar-refractivity contribution is 0.262. The molecule has 4 aromatic rings. The molecule has 0 aliphatic heterocycles. The molecule has 4 rings (SSSR count). The molecule has 7 nitrogen and oxygen atoms in total. The maximum Gasteiger partial charge on any atom is 0.324 e. The van der Waals surface area contributed by atoms with Crippen molar-refractivity contribution in [3.05, 3.63) is 55.1 Å². The van der Waals surface area contributed by atoms with E-state index >= 15 is 0 Å². The van der Waals surface area contributed by atoms with Gasteiger partial charge in [-0.05, 0) is 17.9 Å². The molecule has 0 aliphatic rings. The minimum absolute atomic E-state index is 0.366. The number of benzene rings is 2. The first-order chi connectivity index (χ1) is 13.3. The van der Waals surface area contributed by atoms with E-state index in [0.717, 1.165) is 41.5 Å². The lowest BCUT2D eigenvalue weighted by atomic mass is 10.1. The normalized spacial score (nSPS) is 11.0. The van der Waals surface area contributed by atoms with Gasteiger partial charge in [-0.25, -0.2) is 19.7 Å². The minimum atomic E-state index is -0.366. The van der Waals surface area contributed by atoms with E-state index in [1.807, 2.05) is 47.0 Å². The Hall–Kier alpha value is -3.48. The van der Waals surface area contributed by atoms with Gasteiger partial charge in [0.2, 0.25) is 0 Å². The molecule has 7 heteroatoms. The van der Waals surface area contributed by atoms with Crippen molar-refractivity contribution in [1.29, 1.82) is 0 Å². The van der Waals surface area contributed by atoms with Gasteiger partial charge in [0, 0.05) is 11.9 Å². The summed E-state index contributed by atoms with van der Waals surface area (Å²) in [6.45, 7) is 2.98. The summed E-state index contributed by atoms with van der Waals surface area (Å²) in [4.78, 5) is 25.4. The van der Waals surface area contributed by atoms with E-state index in [1.165, 1.54) is 6.33 Å². The molecular weight excluding hydrogens is 340 g/mol. The van der Waals surface area contributed by atoms with Crippen molar-refractivity contribution in [3.63, 3.8) is 0 Å². The van der Waals surface area contributed by atoms with Crippen LogP contribution in [0.3, 0.4) is 0 Å². The van der Waals surface area contributed by atoms with Crippen LogP contribution in [0.2, 0.25) is 0 Å². The van der Waals surface area contributed by atoms with Gasteiger partial charge in [0.05, 0.1) is 12.0 Å². The van der Waals surface area contributed by atoms with Crippen LogP contribution in [-0.4, -0.2) is 25.6 Å². The molecule has 2 aromatic heterocycles. The first kappa shape index (κ1) is 17.0. The van der Waals surface area contributed by atoms with Crippen LogP contribution in [0.5, 0.6) is 0 Å². The van der Waals surface area contributed by atoms with Gasteiger partial charge in [0.1, 0.15) is 6.33 Å². The molecule has 0 saturated heterocycles. The highest BCUT2D eigenvalue weighted by molar-refractivity contribution is 6.07. The second-order valence-corrected chi connectivity index (χ2v) is 6.29. The number of aromatic nitrogens is 4. The summed E-state index contributed by atoms with van der Waals surface area (Å²) in [5, 5.41) is 7.73. The van der Waals surface area contributed by atoms with Crippen LogP contribution in [0.25, 0.3) is 21.9 Å². The SMILES string of the molecule is CCCCn1cnc2c(NC(=O)Nc3cccc4ccccc34)ncnc21. The number of nitrogens with one attached hydrogen (secondary N) is 2. The van der Waals surface area contributed by atoms with Gasteiger partial charge in [0.15, 0.2) is 17.0 Å². The molecule has 0 aliphatic carbocycles. The molecule has 2 heterocycles. The number of imidazole rings is 1. The number of unbranched alkanes of at least 4 members (excludes halogenated alkanes) is 1. The van der Waals surface area contributed by atoms with Crippen LogP contribution >= 0.6 is 0 Å². The van der Waals surface area contributed by atoms with Crippen molar-refractivity contribution in [2.75, 3.05) is 10.6 Å². The topological polar surface area (TPSA) is 84.7 Å². The number of carbonyl (C=O) groups is 1. The number of fused-ring (bicyclic) bond motifs is 2. The number of amides is 2. The number of anilines is 2. The van der Waals surface area contributed by atoms with E-state index in [9.17, 15) is 4.79 Å². The molecule has 27 heavy (non-hydrogen) atoms. The number of nitrogens with zero attached hydrogens (tertiary/aromatic N) is 4. The van der Waals surface area contributed by atoms with Crippen molar-refractivity contribution < 1.29 is 4.79 Å². The summed E-state index contributed by atoms with van der Waals surface area (Å²) in [5.41, 5.74) is 2.05. The molecule has 2 amide bonds. The Labute approximate surface area is 156 Å². The van der Waals surface area contributed by atoms with Gasteiger partial charge in [0.25, 0.3) is 0 Å². The Balaban J connectivity index is 1.57. The molecule has 2 aromatic carbocycles. The van der Waals surface area contributed by atoms with E-state index in [-0.39, 0.29) is 6.03 Å². The number of carbonyl (C=O) groups excluding carboxylic acids is 1.